The fourth-order valence-corrected chi connectivity index (χ4v) is 1.50. The van der Waals surface area contributed by atoms with Crippen LogP contribution in [0.1, 0.15) is 19.3 Å². The number of carbonyl (C=O) groups is 1. The summed E-state index contributed by atoms with van der Waals surface area (Å²) in [7, 11) is 0. The van der Waals surface area contributed by atoms with Crippen molar-refractivity contribution in [3.63, 3.8) is 0 Å². The van der Waals surface area contributed by atoms with Crippen molar-refractivity contribution >= 4 is 5.91 Å². The minimum atomic E-state index is 0.0214. The molecule has 1 saturated carbocycles. The molecule has 2 aliphatic rings. The first kappa shape index (κ1) is 8.38. The highest BCUT2D eigenvalue weighted by molar-refractivity contribution is 5.77. The quantitative estimate of drug-likeness (QED) is 0.366. The average molecular weight is 180 g/mol. The standard InChI is InChI=1S/C8H12N4O/c9-11-10-7-4-12(5-7)8(13)3-6-1-2-6/h6-7H,1-5H2. The Morgan fingerprint density at radius 1 is 1.54 bits per heavy atom. The molecule has 70 valence electrons. The van der Waals surface area contributed by atoms with E-state index in [0.717, 1.165) is 0 Å². The van der Waals surface area contributed by atoms with E-state index in [0.29, 0.717) is 25.4 Å². The van der Waals surface area contributed by atoms with Crippen molar-refractivity contribution in [2.75, 3.05) is 13.1 Å². The second-order valence-electron chi connectivity index (χ2n) is 3.80. The summed E-state index contributed by atoms with van der Waals surface area (Å²) >= 11 is 0. The molecular weight excluding hydrogens is 168 g/mol. The predicted molar refractivity (Wildman–Crippen MR) is 46.9 cm³/mol. The normalized spacial score (nSPS) is 22.0. The van der Waals surface area contributed by atoms with Crippen molar-refractivity contribution in [2.24, 2.45) is 11.0 Å². The fraction of sp³-hybridized carbons (Fsp3) is 0.875. The van der Waals surface area contributed by atoms with Gasteiger partial charge in [-0.05, 0) is 24.3 Å². The van der Waals surface area contributed by atoms with Gasteiger partial charge in [0.2, 0.25) is 5.91 Å². The van der Waals surface area contributed by atoms with Crippen LogP contribution in [0.15, 0.2) is 5.11 Å². The van der Waals surface area contributed by atoms with E-state index in [1.165, 1.54) is 12.8 Å². The van der Waals surface area contributed by atoms with Gasteiger partial charge in [-0.1, -0.05) is 5.11 Å². The number of nitrogens with zero attached hydrogens (tertiary/aromatic N) is 4. The van der Waals surface area contributed by atoms with Crippen molar-refractivity contribution in [1.82, 2.24) is 4.90 Å². The van der Waals surface area contributed by atoms with Gasteiger partial charge < -0.3 is 4.90 Å². The van der Waals surface area contributed by atoms with Gasteiger partial charge in [-0.2, -0.15) is 0 Å². The lowest BCUT2D eigenvalue weighted by Gasteiger charge is -2.36. The molecule has 0 radical (unpaired) electrons. The van der Waals surface area contributed by atoms with Crippen molar-refractivity contribution in [2.45, 2.75) is 25.3 Å². The van der Waals surface area contributed by atoms with E-state index in [-0.39, 0.29) is 11.9 Å². The van der Waals surface area contributed by atoms with Gasteiger partial charge in [0.1, 0.15) is 0 Å². The van der Waals surface area contributed by atoms with Gasteiger partial charge in [0.25, 0.3) is 0 Å². The fourth-order valence-electron chi connectivity index (χ4n) is 1.50. The summed E-state index contributed by atoms with van der Waals surface area (Å²) in [5.41, 5.74) is 8.14. The number of likely N-dealkylation sites (tertiary alicyclic amines) is 1. The second-order valence-corrected chi connectivity index (χ2v) is 3.80. The average Bonchev–Trinajstić information content (AvgIpc) is 2.79. The number of hydrogen-bond donors (Lipinski definition) is 0. The van der Waals surface area contributed by atoms with Crippen LogP contribution in [0.25, 0.3) is 10.4 Å². The van der Waals surface area contributed by atoms with Crippen LogP contribution in [0, 0.1) is 5.92 Å². The first-order chi connectivity index (χ1) is 6.29. The molecule has 0 N–H and O–H groups in total. The highest BCUT2D eigenvalue weighted by atomic mass is 16.2. The summed E-state index contributed by atoms with van der Waals surface area (Å²) < 4.78 is 0. The predicted octanol–water partition coefficient (Wildman–Crippen LogP) is 1.31. The first-order valence-electron chi connectivity index (χ1n) is 4.61. The summed E-state index contributed by atoms with van der Waals surface area (Å²) in [6, 6.07) is 0.0214. The van der Waals surface area contributed by atoms with Gasteiger partial charge >= 0.3 is 0 Å². The molecule has 0 spiro atoms. The van der Waals surface area contributed by atoms with E-state index >= 15 is 0 Å². The molecule has 0 aromatic carbocycles. The monoisotopic (exact) mass is 180 g/mol. The third-order valence-corrected chi connectivity index (χ3v) is 2.59. The first-order valence-corrected chi connectivity index (χ1v) is 4.61. The zero-order valence-corrected chi connectivity index (χ0v) is 7.39. The molecule has 5 nitrogen and oxygen atoms in total. The highest BCUT2D eigenvalue weighted by Crippen LogP contribution is 2.33. The Kier molecular flexibility index (Phi) is 2.10. The summed E-state index contributed by atoms with van der Waals surface area (Å²) in [5, 5.41) is 3.54. The summed E-state index contributed by atoms with van der Waals surface area (Å²) in [5.74, 6) is 0.873. The Labute approximate surface area is 76.3 Å². The molecule has 1 aliphatic heterocycles. The van der Waals surface area contributed by atoms with Gasteiger partial charge in [-0.15, -0.1) is 0 Å². The van der Waals surface area contributed by atoms with E-state index in [9.17, 15) is 4.79 Å². The molecule has 2 rings (SSSR count). The molecule has 13 heavy (non-hydrogen) atoms. The topological polar surface area (TPSA) is 69.1 Å². The van der Waals surface area contributed by atoms with Gasteiger partial charge in [0.15, 0.2) is 0 Å². The van der Waals surface area contributed by atoms with Crippen LogP contribution >= 0.6 is 0 Å². The van der Waals surface area contributed by atoms with Crippen LogP contribution < -0.4 is 0 Å². The molecule has 2 fully saturated rings. The lowest BCUT2D eigenvalue weighted by molar-refractivity contribution is -0.135. The molecule has 5 heteroatoms. The van der Waals surface area contributed by atoms with E-state index in [2.05, 4.69) is 10.0 Å². The Hall–Kier alpha value is -1.22. The number of azide groups is 1. The largest absolute Gasteiger partial charge is 0.342 e. The van der Waals surface area contributed by atoms with E-state index in [1.54, 1.807) is 4.90 Å². The molecule has 0 bridgehead atoms. The molecular formula is C8H12N4O. The molecule has 0 unspecified atom stereocenters. The maximum atomic E-state index is 11.4. The Balaban J connectivity index is 1.72. The van der Waals surface area contributed by atoms with Gasteiger partial charge in [-0.3, -0.25) is 4.79 Å². The molecule has 0 aromatic rings. The Morgan fingerprint density at radius 2 is 2.23 bits per heavy atom. The summed E-state index contributed by atoms with van der Waals surface area (Å²) in [6.07, 6.45) is 3.11. The van der Waals surface area contributed by atoms with Crippen molar-refractivity contribution in [3.05, 3.63) is 10.4 Å². The number of amides is 1. The van der Waals surface area contributed by atoms with Gasteiger partial charge in [0, 0.05) is 24.4 Å². The van der Waals surface area contributed by atoms with E-state index in [4.69, 9.17) is 5.53 Å². The molecule has 1 aliphatic carbocycles. The minimum absolute atomic E-state index is 0.0214. The van der Waals surface area contributed by atoms with Crippen LogP contribution in [0.3, 0.4) is 0 Å². The van der Waals surface area contributed by atoms with E-state index < -0.39 is 0 Å². The highest BCUT2D eigenvalue weighted by Gasteiger charge is 2.33. The van der Waals surface area contributed by atoms with Gasteiger partial charge in [-0.25, -0.2) is 0 Å². The maximum absolute atomic E-state index is 11.4. The van der Waals surface area contributed by atoms with Gasteiger partial charge in [0.05, 0.1) is 6.04 Å². The minimum Gasteiger partial charge on any atom is -0.342 e. The zero-order valence-electron chi connectivity index (χ0n) is 7.39. The van der Waals surface area contributed by atoms with Crippen LogP contribution in [-0.4, -0.2) is 29.9 Å². The molecule has 0 aromatic heterocycles. The third-order valence-electron chi connectivity index (χ3n) is 2.59. The maximum Gasteiger partial charge on any atom is 0.222 e. The lowest BCUT2D eigenvalue weighted by Crippen LogP contribution is -2.52. The van der Waals surface area contributed by atoms with E-state index in [1.807, 2.05) is 0 Å². The number of hydrogen-bond acceptors (Lipinski definition) is 2. The lowest BCUT2D eigenvalue weighted by atomic mass is 10.1. The van der Waals surface area contributed by atoms with Crippen LogP contribution in [-0.2, 0) is 4.79 Å². The number of carbonyl (C=O) groups excluding carboxylic acids is 1. The SMILES string of the molecule is [N-]=[N+]=NC1CN(C(=O)CC2CC2)C1. The van der Waals surface area contributed by atoms with Crippen LogP contribution in [0.5, 0.6) is 0 Å². The third kappa shape index (κ3) is 1.92. The smallest absolute Gasteiger partial charge is 0.222 e. The molecule has 1 heterocycles. The van der Waals surface area contributed by atoms with Crippen molar-refractivity contribution in [1.29, 1.82) is 0 Å². The van der Waals surface area contributed by atoms with Crippen molar-refractivity contribution < 1.29 is 4.79 Å². The Morgan fingerprint density at radius 3 is 2.77 bits per heavy atom. The zero-order chi connectivity index (χ0) is 9.26. The number of rotatable bonds is 3. The van der Waals surface area contributed by atoms with Crippen LogP contribution in [0.2, 0.25) is 0 Å². The molecule has 1 saturated heterocycles. The van der Waals surface area contributed by atoms with Crippen molar-refractivity contribution in [3.8, 4) is 0 Å². The second kappa shape index (κ2) is 3.26. The Bertz CT molecular complexity index is 261. The summed E-state index contributed by atoms with van der Waals surface area (Å²) in [4.78, 5) is 15.9. The van der Waals surface area contributed by atoms with Crippen LogP contribution in [0.4, 0.5) is 0 Å². The molecule has 0 atom stereocenters. The summed E-state index contributed by atoms with van der Waals surface area (Å²) in [6.45, 7) is 1.24. The molecule has 1 amide bonds.